The molecule has 3 rings (SSSR count). The molecule has 2 atom stereocenters. The number of rotatable bonds is 9. The van der Waals surface area contributed by atoms with Crippen LogP contribution >= 0.6 is 0 Å². The average Bonchev–Trinajstić information content (AvgIpc) is 3.28. The Hall–Kier alpha value is -3.29. The molecule has 7 nitrogen and oxygen atoms in total. The molecule has 184 valence electrons. The van der Waals surface area contributed by atoms with Crippen molar-refractivity contribution in [3.8, 4) is 17.2 Å². The standard InChI is InChI=1S/C26H33FN2O5/c1-16(2)10-11-28-25(30)21-15-29(26(31)17-6-8-19(27)9-7-17)14-20(21)18-12-22(32-3)24(34-5)23(13-18)33-4/h6-9,12-13,16,20-21H,10-11,14-15H2,1-5H3,(H,28,30). The summed E-state index contributed by atoms with van der Waals surface area (Å²) in [6.07, 6.45) is 0.867. The maximum atomic E-state index is 13.3. The highest BCUT2D eigenvalue weighted by atomic mass is 19.1. The van der Waals surface area contributed by atoms with Gasteiger partial charge in [0, 0.05) is 31.1 Å². The third-order valence-corrected chi connectivity index (χ3v) is 6.17. The molecule has 1 fully saturated rings. The lowest BCUT2D eigenvalue weighted by atomic mass is 9.87. The van der Waals surface area contributed by atoms with Crippen molar-refractivity contribution in [2.75, 3.05) is 41.0 Å². The minimum absolute atomic E-state index is 0.103. The number of carbonyl (C=O) groups excluding carboxylic acids is 2. The van der Waals surface area contributed by atoms with E-state index in [1.165, 1.54) is 45.6 Å². The Bertz CT molecular complexity index is 984. The van der Waals surface area contributed by atoms with E-state index in [4.69, 9.17) is 14.2 Å². The lowest BCUT2D eigenvalue weighted by Crippen LogP contribution is -2.36. The molecule has 0 aromatic heterocycles. The van der Waals surface area contributed by atoms with Gasteiger partial charge in [-0.1, -0.05) is 13.8 Å². The monoisotopic (exact) mass is 472 g/mol. The highest BCUT2D eigenvalue weighted by molar-refractivity contribution is 5.95. The molecule has 2 aromatic rings. The van der Waals surface area contributed by atoms with Crippen molar-refractivity contribution < 1.29 is 28.2 Å². The summed E-state index contributed by atoms with van der Waals surface area (Å²) in [6, 6.07) is 9.09. The molecule has 8 heteroatoms. The first-order valence-electron chi connectivity index (χ1n) is 11.4. The normalized spacial score (nSPS) is 17.6. The van der Waals surface area contributed by atoms with Gasteiger partial charge in [0.15, 0.2) is 11.5 Å². The Balaban J connectivity index is 1.93. The third kappa shape index (κ3) is 5.61. The summed E-state index contributed by atoms with van der Waals surface area (Å²) >= 11 is 0. The summed E-state index contributed by atoms with van der Waals surface area (Å²) in [7, 11) is 4.61. The van der Waals surface area contributed by atoms with E-state index in [0.717, 1.165) is 12.0 Å². The van der Waals surface area contributed by atoms with Gasteiger partial charge in [-0.15, -0.1) is 0 Å². The van der Waals surface area contributed by atoms with E-state index in [1.54, 1.807) is 4.90 Å². The molecule has 0 radical (unpaired) electrons. The number of carbonyl (C=O) groups is 2. The van der Waals surface area contributed by atoms with Crippen LogP contribution in [-0.4, -0.2) is 57.7 Å². The Labute approximate surface area is 200 Å². The zero-order valence-corrected chi connectivity index (χ0v) is 20.4. The van der Waals surface area contributed by atoms with E-state index in [2.05, 4.69) is 19.2 Å². The first-order valence-corrected chi connectivity index (χ1v) is 11.4. The van der Waals surface area contributed by atoms with Crippen molar-refractivity contribution in [1.29, 1.82) is 0 Å². The maximum absolute atomic E-state index is 13.3. The first-order chi connectivity index (χ1) is 16.3. The lowest BCUT2D eigenvalue weighted by molar-refractivity contribution is -0.124. The summed E-state index contributed by atoms with van der Waals surface area (Å²) in [5.41, 5.74) is 1.19. The second-order valence-electron chi connectivity index (χ2n) is 8.86. The minimum Gasteiger partial charge on any atom is -0.493 e. The van der Waals surface area contributed by atoms with E-state index in [0.29, 0.717) is 41.8 Å². The van der Waals surface area contributed by atoms with Crippen LogP contribution in [-0.2, 0) is 4.79 Å². The molecule has 0 bridgehead atoms. The summed E-state index contributed by atoms with van der Waals surface area (Å²) in [5, 5.41) is 3.03. The fourth-order valence-electron chi connectivity index (χ4n) is 4.28. The van der Waals surface area contributed by atoms with Crippen LogP contribution in [0.4, 0.5) is 4.39 Å². The minimum atomic E-state index is -0.459. The van der Waals surface area contributed by atoms with Crippen molar-refractivity contribution >= 4 is 11.8 Å². The lowest BCUT2D eigenvalue weighted by Gasteiger charge is -2.21. The Morgan fingerprint density at radius 3 is 2.18 bits per heavy atom. The maximum Gasteiger partial charge on any atom is 0.253 e. The molecular formula is C26H33FN2O5. The predicted octanol–water partition coefficient (Wildman–Crippen LogP) is 3.87. The molecule has 2 amide bonds. The Morgan fingerprint density at radius 1 is 1.03 bits per heavy atom. The predicted molar refractivity (Wildman–Crippen MR) is 127 cm³/mol. The van der Waals surface area contributed by atoms with Gasteiger partial charge in [0.05, 0.1) is 27.2 Å². The van der Waals surface area contributed by atoms with E-state index in [1.807, 2.05) is 12.1 Å². The molecule has 0 saturated carbocycles. The number of amides is 2. The molecule has 1 aliphatic heterocycles. The number of methoxy groups -OCH3 is 3. The Morgan fingerprint density at radius 2 is 1.65 bits per heavy atom. The topological polar surface area (TPSA) is 77.1 Å². The molecule has 1 aliphatic rings. The van der Waals surface area contributed by atoms with Gasteiger partial charge >= 0.3 is 0 Å². The molecule has 0 aliphatic carbocycles. The zero-order chi connectivity index (χ0) is 24.8. The summed E-state index contributed by atoms with van der Waals surface area (Å²) < 4.78 is 29.8. The van der Waals surface area contributed by atoms with Gasteiger partial charge in [-0.3, -0.25) is 9.59 Å². The van der Waals surface area contributed by atoms with Crippen LogP contribution in [0, 0.1) is 17.7 Å². The van der Waals surface area contributed by atoms with E-state index >= 15 is 0 Å². The summed E-state index contributed by atoms with van der Waals surface area (Å²) in [4.78, 5) is 28.0. The number of hydrogen-bond acceptors (Lipinski definition) is 5. The molecule has 2 unspecified atom stereocenters. The molecule has 1 N–H and O–H groups in total. The fourth-order valence-corrected chi connectivity index (χ4v) is 4.28. The fraction of sp³-hybridized carbons (Fsp3) is 0.462. The van der Waals surface area contributed by atoms with Crippen LogP contribution in [0.3, 0.4) is 0 Å². The van der Waals surface area contributed by atoms with Gasteiger partial charge in [0.25, 0.3) is 5.91 Å². The van der Waals surface area contributed by atoms with Crippen LogP contribution in [0.5, 0.6) is 17.2 Å². The highest BCUT2D eigenvalue weighted by Crippen LogP contribution is 2.43. The number of nitrogens with zero attached hydrogens (tertiary/aromatic N) is 1. The van der Waals surface area contributed by atoms with E-state index < -0.39 is 11.7 Å². The van der Waals surface area contributed by atoms with Gasteiger partial charge in [0.1, 0.15) is 5.82 Å². The van der Waals surface area contributed by atoms with Crippen LogP contribution in [0.2, 0.25) is 0 Å². The molecule has 1 saturated heterocycles. The van der Waals surface area contributed by atoms with Crippen molar-refractivity contribution in [3.63, 3.8) is 0 Å². The second-order valence-corrected chi connectivity index (χ2v) is 8.86. The van der Waals surface area contributed by atoms with Crippen molar-refractivity contribution in [3.05, 3.63) is 53.3 Å². The van der Waals surface area contributed by atoms with Gasteiger partial charge < -0.3 is 24.4 Å². The molecule has 2 aromatic carbocycles. The number of halogens is 1. The SMILES string of the molecule is COc1cc(C2CN(C(=O)c3ccc(F)cc3)CC2C(=O)NCCC(C)C)cc(OC)c1OC. The van der Waals surface area contributed by atoms with Gasteiger partial charge in [-0.05, 0) is 54.3 Å². The number of nitrogens with one attached hydrogen (secondary N) is 1. The molecule has 1 heterocycles. The van der Waals surface area contributed by atoms with Crippen molar-refractivity contribution in [1.82, 2.24) is 10.2 Å². The zero-order valence-electron chi connectivity index (χ0n) is 20.4. The van der Waals surface area contributed by atoms with Gasteiger partial charge in [0.2, 0.25) is 11.7 Å². The average molecular weight is 473 g/mol. The van der Waals surface area contributed by atoms with Crippen LogP contribution in [0.1, 0.15) is 42.1 Å². The molecule has 34 heavy (non-hydrogen) atoms. The second kappa shape index (κ2) is 11.2. The van der Waals surface area contributed by atoms with Crippen LogP contribution in [0.15, 0.2) is 36.4 Å². The summed E-state index contributed by atoms with van der Waals surface area (Å²) in [5.74, 6) is 0.407. The molecule has 0 spiro atoms. The number of likely N-dealkylation sites (tertiary alicyclic amines) is 1. The Kier molecular flexibility index (Phi) is 8.36. The highest BCUT2D eigenvalue weighted by Gasteiger charge is 2.41. The van der Waals surface area contributed by atoms with Crippen molar-refractivity contribution in [2.24, 2.45) is 11.8 Å². The largest absolute Gasteiger partial charge is 0.493 e. The van der Waals surface area contributed by atoms with E-state index in [-0.39, 0.29) is 24.3 Å². The van der Waals surface area contributed by atoms with Crippen LogP contribution in [0.25, 0.3) is 0 Å². The third-order valence-electron chi connectivity index (χ3n) is 6.17. The summed E-state index contributed by atoms with van der Waals surface area (Å²) in [6.45, 7) is 5.36. The van der Waals surface area contributed by atoms with Crippen molar-refractivity contribution in [2.45, 2.75) is 26.2 Å². The van der Waals surface area contributed by atoms with Crippen LogP contribution < -0.4 is 19.5 Å². The number of ether oxygens (including phenoxy) is 3. The van der Waals surface area contributed by atoms with Gasteiger partial charge in [-0.2, -0.15) is 0 Å². The van der Waals surface area contributed by atoms with E-state index in [9.17, 15) is 14.0 Å². The van der Waals surface area contributed by atoms with Gasteiger partial charge in [-0.25, -0.2) is 4.39 Å². The smallest absolute Gasteiger partial charge is 0.253 e. The number of benzene rings is 2. The first kappa shape index (κ1) is 25.3. The quantitative estimate of drug-likeness (QED) is 0.600. The number of hydrogen-bond donors (Lipinski definition) is 1. The molecular weight excluding hydrogens is 439 g/mol.